The standard InChI is InChI=1S/C15H17N3OS/c1-3-11-8-10(9-14(16)17-11)15(19)18-12-6-4-5-7-13(12)20-2/h4-9H,3H2,1-2H3,(H2,16,17)(H,18,19). The lowest BCUT2D eigenvalue weighted by atomic mass is 10.1. The van der Waals surface area contributed by atoms with Crippen molar-refractivity contribution in [1.29, 1.82) is 0 Å². The van der Waals surface area contributed by atoms with Crippen LogP contribution in [0.3, 0.4) is 0 Å². The van der Waals surface area contributed by atoms with E-state index in [-0.39, 0.29) is 5.91 Å². The lowest BCUT2D eigenvalue weighted by Crippen LogP contribution is -2.14. The summed E-state index contributed by atoms with van der Waals surface area (Å²) < 4.78 is 0. The summed E-state index contributed by atoms with van der Waals surface area (Å²) in [4.78, 5) is 17.5. The highest BCUT2D eigenvalue weighted by Crippen LogP contribution is 2.25. The molecule has 1 heterocycles. The van der Waals surface area contributed by atoms with Crippen LogP contribution in [-0.4, -0.2) is 17.1 Å². The van der Waals surface area contributed by atoms with Gasteiger partial charge in [-0.3, -0.25) is 4.79 Å². The van der Waals surface area contributed by atoms with Gasteiger partial charge in [-0.05, 0) is 36.9 Å². The van der Waals surface area contributed by atoms with Crippen LogP contribution < -0.4 is 11.1 Å². The normalized spacial score (nSPS) is 10.3. The fourth-order valence-electron chi connectivity index (χ4n) is 1.87. The van der Waals surface area contributed by atoms with Gasteiger partial charge >= 0.3 is 0 Å². The van der Waals surface area contributed by atoms with Gasteiger partial charge in [0.15, 0.2) is 0 Å². The van der Waals surface area contributed by atoms with Crippen molar-refractivity contribution in [2.75, 3.05) is 17.3 Å². The maximum Gasteiger partial charge on any atom is 0.255 e. The van der Waals surface area contributed by atoms with Gasteiger partial charge in [-0.15, -0.1) is 11.8 Å². The first-order valence-electron chi connectivity index (χ1n) is 6.35. The van der Waals surface area contributed by atoms with E-state index in [4.69, 9.17) is 5.73 Å². The molecule has 1 aromatic carbocycles. The highest BCUT2D eigenvalue weighted by Gasteiger charge is 2.10. The van der Waals surface area contributed by atoms with E-state index in [1.807, 2.05) is 37.4 Å². The van der Waals surface area contributed by atoms with Crippen molar-refractivity contribution in [2.45, 2.75) is 18.2 Å². The summed E-state index contributed by atoms with van der Waals surface area (Å²) >= 11 is 1.59. The highest BCUT2D eigenvalue weighted by atomic mass is 32.2. The molecule has 0 unspecified atom stereocenters. The first-order valence-corrected chi connectivity index (χ1v) is 7.57. The number of para-hydroxylation sites is 1. The zero-order valence-corrected chi connectivity index (χ0v) is 12.3. The maximum atomic E-state index is 12.3. The summed E-state index contributed by atoms with van der Waals surface area (Å²) in [6.45, 7) is 1.98. The second-order valence-electron chi connectivity index (χ2n) is 4.28. The van der Waals surface area contributed by atoms with Crippen molar-refractivity contribution in [3.05, 3.63) is 47.7 Å². The number of hydrogen-bond acceptors (Lipinski definition) is 4. The number of rotatable bonds is 4. The molecule has 0 saturated carbocycles. The molecule has 0 aliphatic carbocycles. The van der Waals surface area contributed by atoms with Gasteiger partial charge in [0.05, 0.1) is 5.69 Å². The smallest absolute Gasteiger partial charge is 0.255 e. The number of carbonyl (C=O) groups excluding carboxylic acids is 1. The van der Waals surface area contributed by atoms with Gasteiger partial charge in [-0.1, -0.05) is 19.1 Å². The van der Waals surface area contributed by atoms with Crippen LogP contribution in [-0.2, 0) is 6.42 Å². The van der Waals surface area contributed by atoms with Crippen LogP contribution in [0.15, 0.2) is 41.3 Å². The van der Waals surface area contributed by atoms with Crippen LogP contribution in [0.1, 0.15) is 23.0 Å². The molecule has 0 aliphatic rings. The quantitative estimate of drug-likeness (QED) is 0.847. The SMILES string of the molecule is CCc1cc(C(=O)Nc2ccccc2SC)cc(N)n1. The number of anilines is 2. The van der Waals surface area contributed by atoms with Gasteiger partial charge < -0.3 is 11.1 Å². The Morgan fingerprint density at radius 3 is 2.80 bits per heavy atom. The summed E-state index contributed by atoms with van der Waals surface area (Å²) in [5.74, 6) is 0.197. The predicted molar refractivity (Wildman–Crippen MR) is 84.2 cm³/mol. The lowest BCUT2D eigenvalue weighted by molar-refractivity contribution is 0.102. The van der Waals surface area contributed by atoms with Gasteiger partial charge in [0.1, 0.15) is 5.82 Å². The van der Waals surface area contributed by atoms with E-state index in [2.05, 4.69) is 10.3 Å². The third kappa shape index (κ3) is 3.30. The molecule has 0 aliphatic heterocycles. The molecule has 4 nitrogen and oxygen atoms in total. The van der Waals surface area contributed by atoms with Crippen molar-refractivity contribution in [3.63, 3.8) is 0 Å². The van der Waals surface area contributed by atoms with E-state index < -0.39 is 0 Å². The van der Waals surface area contributed by atoms with Crippen LogP contribution in [0.25, 0.3) is 0 Å². The Labute approximate surface area is 122 Å². The molecule has 1 amide bonds. The van der Waals surface area contributed by atoms with Crippen molar-refractivity contribution < 1.29 is 4.79 Å². The molecule has 1 aromatic heterocycles. The minimum Gasteiger partial charge on any atom is -0.384 e. The summed E-state index contributed by atoms with van der Waals surface area (Å²) in [6, 6.07) is 11.1. The van der Waals surface area contributed by atoms with Crippen LogP contribution in [0.4, 0.5) is 11.5 Å². The Morgan fingerprint density at radius 1 is 1.35 bits per heavy atom. The first-order chi connectivity index (χ1) is 9.63. The van der Waals surface area contributed by atoms with E-state index in [0.29, 0.717) is 11.4 Å². The predicted octanol–water partition coefficient (Wildman–Crippen LogP) is 3.20. The number of nitrogens with two attached hydrogens (primary N) is 1. The Balaban J connectivity index is 2.26. The molecule has 3 N–H and O–H groups in total. The molecule has 0 atom stereocenters. The van der Waals surface area contributed by atoms with Gasteiger partial charge in [0.25, 0.3) is 5.91 Å². The number of carbonyl (C=O) groups is 1. The third-order valence-electron chi connectivity index (χ3n) is 2.88. The molecule has 2 rings (SSSR count). The number of aryl methyl sites for hydroxylation is 1. The number of nitrogens with zero attached hydrogens (tertiary/aromatic N) is 1. The number of aromatic nitrogens is 1. The molecular weight excluding hydrogens is 270 g/mol. The zero-order chi connectivity index (χ0) is 14.5. The van der Waals surface area contributed by atoms with Gasteiger partial charge in [0, 0.05) is 16.2 Å². The van der Waals surface area contributed by atoms with Gasteiger partial charge in [0.2, 0.25) is 0 Å². The van der Waals surface area contributed by atoms with Crippen molar-refractivity contribution in [3.8, 4) is 0 Å². The fourth-order valence-corrected chi connectivity index (χ4v) is 2.42. The summed E-state index contributed by atoms with van der Waals surface area (Å²) in [5, 5.41) is 2.91. The summed E-state index contributed by atoms with van der Waals surface area (Å²) in [6.07, 6.45) is 2.72. The van der Waals surface area contributed by atoms with Crippen molar-refractivity contribution in [1.82, 2.24) is 4.98 Å². The van der Waals surface area contributed by atoms with E-state index in [1.54, 1.807) is 23.9 Å². The number of thioether (sulfide) groups is 1. The average Bonchev–Trinajstić information content (AvgIpc) is 2.47. The number of nitrogens with one attached hydrogen (secondary N) is 1. The Morgan fingerprint density at radius 2 is 2.10 bits per heavy atom. The molecule has 20 heavy (non-hydrogen) atoms. The van der Waals surface area contributed by atoms with E-state index in [0.717, 1.165) is 22.7 Å². The lowest BCUT2D eigenvalue weighted by Gasteiger charge is -2.10. The highest BCUT2D eigenvalue weighted by molar-refractivity contribution is 7.98. The van der Waals surface area contributed by atoms with Crippen molar-refractivity contribution >= 4 is 29.2 Å². The van der Waals surface area contributed by atoms with E-state index in [1.165, 1.54) is 0 Å². The molecule has 0 spiro atoms. The summed E-state index contributed by atoms with van der Waals surface area (Å²) in [5.41, 5.74) is 7.88. The number of pyridine rings is 1. The largest absolute Gasteiger partial charge is 0.384 e. The third-order valence-corrected chi connectivity index (χ3v) is 3.67. The van der Waals surface area contributed by atoms with Gasteiger partial charge in [-0.25, -0.2) is 4.98 Å². The number of benzene rings is 1. The molecule has 0 fully saturated rings. The summed E-state index contributed by atoms with van der Waals surface area (Å²) in [7, 11) is 0. The molecular formula is C15H17N3OS. The number of hydrogen-bond donors (Lipinski definition) is 2. The molecule has 0 radical (unpaired) electrons. The van der Waals surface area contributed by atoms with E-state index >= 15 is 0 Å². The topological polar surface area (TPSA) is 68.0 Å². The van der Waals surface area contributed by atoms with E-state index in [9.17, 15) is 4.79 Å². The average molecular weight is 287 g/mol. The molecule has 5 heteroatoms. The fraction of sp³-hybridized carbons (Fsp3) is 0.200. The molecule has 104 valence electrons. The molecule has 2 aromatic rings. The zero-order valence-electron chi connectivity index (χ0n) is 11.5. The second-order valence-corrected chi connectivity index (χ2v) is 5.13. The minimum absolute atomic E-state index is 0.171. The van der Waals surface area contributed by atoms with Crippen LogP contribution in [0.5, 0.6) is 0 Å². The Bertz CT molecular complexity index is 628. The minimum atomic E-state index is -0.171. The molecule has 0 saturated heterocycles. The number of amides is 1. The second kappa shape index (κ2) is 6.43. The van der Waals surface area contributed by atoms with Crippen LogP contribution in [0, 0.1) is 0 Å². The number of nitrogen functional groups attached to an aromatic ring is 1. The molecule has 0 bridgehead atoms. The Kier molecular flexibility index (Phi) is 4.63. The van der Waals surface area contributed by atoms with Crippen LogP contribution in [0.2, 0.25) is 0 Å². The van der Waals surface area contributed by atoms with Crippen molar-refractivity contribution in [2.24, 2.45) is 0 Å². The maximum absolute atomic E-state index is 12.3. The van der Waals surface area contributed by atoms with Gasteiger partial charge in [-0.2, -0.15) is 0 Å². The monoisotopic (exact) mass is 287 g/mol. The Hall–Kier alpha value is -2.01. The van der Waals surface area contributed by atoms with Crippen LogP contribution >= 0.6 is 11.8 Å². The first kappa shape index (κ1) is 14.4.